The van der Waals surface area contributed by atoms with Crippen LogP contribution in [-0.2, 0) is 14.3 Å². The molecule has 4 rings (SSSR count). The highest BCUT2D eigenvalue weighted by molar-refractivity contribution is 6.01. The number of esters is 1. The van der Waals surface area contributed by atoms with Gasteiger partial charge < -0.3 is 24.6 Å². The number of likely N-dealkylation sites (tertiary alicyclic amines) is 1. The number of rotatable bonds is 5. The Morgan fingerprint density at radius 1 is 0.974 bits per heavy atom. The van der Waals surface area contributed by atoms with Crippen LogP contribution in [0.25, 0.3) is 11.1 Å². The van der Waals surface area contributed by atoms with Crippen molar-refractivity contribution in [1.29, 1.82) is 0 Å². The monoisotopic (exact) mass is 539 g/mol. The zero-order valence-electron chi connectivity index (χ0n) is 23.2. The number of amides is 2. The van der Waals surface area contributed by atoms with E-state index in [1.807, 2.05) is 15.9 Å². The Labute approximate surface area is 229 Å². The second kappa shape index (κ2) is 11.6. The molecule has 0 bridgehead atoms. The molecule has 8 nitrogen and oxygen atoms in total. The number of halogens is 1. The molecule has 2 fully saturated rings. The number of nitrogens with one attached hydrogen (secondary N) is 1. The average Bonchev–Trinajstić information content (AvgIpc) is 2.91. The van der Waals surface area contributed by atoms with Gasteiger partial charge in [-0.25, -0.2) is 14.0 Å². The summed E-state index contributed by atoms with van der Waals surface area (Å²) in [7, 11) is 1.31. The number of nitrogens with zero attached hydrogens (tertiary/aromatic N) is 2. The van der Waals surface area contributed by atoms with Gasteiger partial charge >= 0.3 is 12.1 Å². The number of anilines is 1. The summed E-state index contributed by atoms with van der Waals surface area (Å²) in [4.78, 5) is 43.9. The Balaban J connectivity index is 1.79. The van der Waals surface area contributed by atoms with Gasteiger partial charge in [0.15, 0.2) is 0 Å². The standard InChI is InChI=1S/C30H38FN3O5/c1-29(2,3)39-28(37)32-30(27(36)33-16-6-5-7-17-33)15-10-18-34(20-30)25-23(21-11-8-12-22(31)19-21)13-9-14-24(25)26(35)38-4/h8-9,11-14,19H,5-7,10,15-18,20H2,1-4H3,(H,32,37). The fourth-order valence-electron chi connectivity index (χ4n) is 5.52. The largest absolute Gasteiger partial charge is 0.465 e. The maximum absolute atomic E-state index is 14.2. The van der Waals surface area contributed by atoms with E-state index in [9.17, 15) is 18.8 Å². The molecule has 2 aliphatic rings. The SMILES string of the molecule is COC(=O)c1cccc(-c2cccc(F)c2)c1N1CCCC(NC(=O)OC(C)(C)C)(C(=O)N2CCCCC2)C1. The van der Waals surface area contributed by atoms with E-state index < -0.39 is 29.0 Å². The fraction of sp³-hybridized carbons (Fsp3) is 0.500. The molecular weight excluding hydrogens is 501 g/mol. The van der Waals surface area contributed by atoms with Crippen molar-refractivity contribution >= 4 is 23.7 Å². The van der Waals surface area contributed by atoms with Gasteiger partial charge in [-0.2, -0.15) is 0 Å². The molecule has 2 aromatic rings. The van der Waals surface area contributed by atoms with E-state index in [-0.39, 0.29) is 12.5 Å². The average molecular weight is 540 g/mol. The predicted octanol–water partition coefficient (Wildman–Crippen LogP) is 5.16. The molecule has 2 saturated heterocycles. The molecule has 39 heavy (non-hydrogen) atoms. The first-order valence-electron chi connectivity index (χ1n) is 13.6. The molecule has 9 heteroatoms. The van der Waals surface area contributed by atoms with Crippen molar-refractivity contribution < 1.29 is 28.2 Å². The van der Waals surface area contributed by atoms with Crippen LogP contribution in [0, 0.1) is 5.82 Å². The van der Waals surface area contributed by atoms with Crippen LogP contribution in [0.1, 0.15) is 63.2 Å². The molecule has 2 heterocycles. The molecule has 0 aromatic heterocycles. The maximum Gasteiger partial charge on any atom is 0.408 e. The van der Waals surface area contributed by atoms with Crippen LogP contribution < -0.4 is 10.2 Å². The first-order valence-corrected chi connectivity index (χ1v) is 13.6. The highest BCUT2D eigenvalue weighted by Crippen LogP contribution is 2.38. The normalized spacial score (nSPS) is 19.8. The van der Waals surface area contributed by atoms with Crippen LogP contribution in [0.3, 0.4) is 0 Å². The zero-order valence-corrected chi connectivity index (χ0v) is 23.2. The molecule has 1 unspecified atom stereocenters. The first-order chi connectivity index (χ1) is 18.5. The third kappa shape index (κ3) is 6.52. The minimum absolute atomic E-state index is 0.123. The smallest absolute Gasteiger partial charge is 0.408 e. The Hall–Kier alpha value is -3.62. The molecule has 0 saturated carbocycles. The van der Waals surface area contributed by atoms with Crippen molar-refractivity contribution in [2.24, 2.45) is 0 Å². The lowest BCUT2D eigenvalue weighted by molar-refractivity contribution is -0.139. The number of piperidine rings is 2. The minimum atomic E-state index is -1.26. The lowest BCUT2D eigenvalue weighted by Gasteiger charge is -2.46. The Kier molecular flexibility index (Phi) is 8.47. The molecular formula is C30H38FN3O5. The Morgan fingerprint density at radius 3 is 2.36 bits per heavy atom. The number of carbonyl (C=O) groups is 3. The van der Waals surface area contributed by atoms with Crippen LogP contribution in [-0.4, -0.2) is 67.3 Å². The molecule has 2 aliphatic heterocycles. The van der Waals surface area contributed by atoms with Gasteiger partial charge in [-0.15, -0.1) is 0 Å². The minimum Gasteiger partial charge on any atom is -0.465 e. The Bertz CT molecular complexity index is 1220. The zero-order chi connectivity index (χ0) is 28.2. The number of para-hydroxylation sites is 1. The summed E-state index contributed by atoms with van der Waals surface area (Å²) in [6.45, 7) is 7.23. The van der Waals surface area contributed by atoms with Crippen molar-refractivity contribution in [1.82, 2.24) is 10.2 Å². The van der Waals surface area contributed by atoms with Crippen molar-refractivity contribution in [3.63, 3.8) is 0 Å². The first kappa shape index (κ1) is 28.4. The van der Waals surface area contributed by atoms with Crippen LogP contribution in [0.2, 0.25) is 0 Å². The van der Waals surface area contributed by atoms with Crippen LogP contribution >= 0.6 is 0 Å². The number of hydrogen-bond donors (Lipinski definition) is 1. The van der Waals surface area contributed by atoms with Gasteiger partial charge in [0.1, 0.15) is 17.0 Å². The molecule has 210 valence electrons. The van der Waals surface area contributed by atoms with Gasteiger partial charge in [0.05, 0.1) is 24.9 Å². The van der Waals surface area contributed by atoms with Crippen molar-refractivity contribution in [2.45, 2.75) is 64.0 Å². The van der Waals surface area contributed by atoms with Crippen molar-refractivity contribution in [3.05, 3.63) is 53.8 Å². The van der Waals surface area contributed by atoms with Crippen LogP contribution in [0.5, 0.6) is 0 Å². The van der Waals surface area contributed by atoms with Gasteiger partial charge in [0, 0.05) is 25.2 Å². The summed E-state index contributed by atoms with van der Waals surface area (Å²) in [5, 5.41) is 2.95. The quantitative estimate of drug-likeness (QED) is 0.529. The van der Waals surface area contributed by atoms with E-state index in [1.165, 1.54) is 19.2 Å². The van der Waals surface area contributed by atoms with Crippen LogP contribution in [0.4, 0.5) is 14.9 Å². The summed E-state index contributed by atoms with van der Waals surface area (Å²) in [6.07, 6.45) is 3.22. The third-order valence-electron chi connectivity index (χ3n) is 7.18. The van der Waals surface area contributed by atoms with Crippen molar-refractivity contribution in [2.75, 3.05) is 38.2 Å². The molecule has 0 spiro atoms. The second-order valence-corrected chi connectivity index (χ2v) is 11.3. The molecule has 0 radical (unpaired) electrons. The van der Waals surface area contributed by atoms with Gasteiger partial charge in [0.2, 0.25) is 5.91 Å². The summed E-state index contributed by atoms with van der Waals surface area (Å²) in [5.74, 6) is -1.09. The summed E-state index contributed by atoms with van der Waals surface area (Å²) >= 11 is 0. The van der Waals surface area contributed by atoms with Gasteiger partial charge in [0.25, 0.3) is 0 Å². The molecule has 1 atom stereocenters. The summed E-state index contributed by atoms with van der Waals surface area (Å²) < 4.78 is 24.9. The molecule has 2 aromatic carbocycles. The van der Waals surface area contributed by atoms with Gasteiger partial charge in [-0.05, 0) is 76.6 Å². The third-order valence-corrected chi connectivity index (χ3v) is 7.18. The summed E-state index contributed by atoms with van der Waals surface area (Å²) in [6, 6.07) is 11.4. The van der Waals surface area contributed by atoms with E-state index in [0.717, 1.165) is 19.3 Å². The number of hydrogen-bond acceptors (Lipinski definition) is 6. The second-order valence-electron chi connectivity index (χ2n) is 11.3. The van der Waals surface area contributed by atoms with E-state index in [0.29, 0.717) is 54.9 Å². The van der Waals surface area contributed by atoms with Gasteiger partial charge in [-0.1, -0.05) is 24.3 Å². The van der Waals surface area contributed by atoms with Crippen LogP contribution in [0.15, 0.2) is 42.5 Å². The summed E-state index contributed by atoms with van der Waals surface area (Å²) in [5.41, 5.74) is 0.0652. The molecule has 2 amide bonds. The predicted molar refractivity (Wildman–Crippen MR) is 147 cm³/mol. The van der Waals surface area contributed by atoms with Crippen molar-refractivity contribution in [3.8, 4) is 11.1 Å². The van der Waals surface area contributed by atoms with E-state index in [1.54, 1.807) is 45.0 Å². The molecule has 1 N–H and O–H groups in total. The van der Waals surface area contributed by atoms with Gasteiger partial charge in [-0.3, -0.25) is 4.79 Å². The lowest BCUT2D eigenvalue weighted by Crippen LogP contribution is -2.67. The van der Waals surface area contributed by atoms with E-state index in [2.05, 4.69) is 5.32 Å². The Morgan fingerprint density at radius 2 is 1.69 bits per heavy atom. The topological polar surface area (TPSA) is 88.2 Å². The number of carbonyl (C=O) groups excluding carboxylic acids is 3. The van der Waals surface area contributed by atoms with E-state index in [4.69, 9.17) is 9.47 Å². The van der Waals surface area contributed by atoms with E-state index >= 15 is 0 Å². The fourth-order valence-corrected chi connectivity index (χ4v) is 5.52. The number of ether oxygens (including phenoxy) is 2. The lowest BCUT2D eigenvalue weighted by atomic mass is 9.85. The highest BCUT2D eigenvalue weighted by Gasteiger charge is 2.47. The number of benzene rings is 2. The number of alkyl carbamates (subject to hydrolysis) is 1. The highest BCUT2D eigenvalue weighted by atomic mass is 19.1. The number of methoxy groups -OCH3 is 1. The molecule has 0 aliphatic carbocycles. The maximum atomic E-state index is 14.2.